The van der Waals surface area contributed by atoms with Crippen LogP contribution in [0.2, 0.25) is 0 Å². The highest BCUT2D eigenvalue weighted by Gasteiger charge is 2.01. The van der Waals surface area contributed by atoms with Crippen molar-refractivity contribution >= 4 is 17.5 Å². The molecule has 0 fully saturated rings. The van der Waals surface area contributed by atoms with Gasteiger partial charge >= 0.3 is 0 Å². The number of rotatable bonds is 7. The van der Waals surface area contributed by atoms with Gasteiger partial charge in [-0.25, -0.2) is 0 Å². The summed E-state index contributed by atoms with van der Waals surface area (Å²) < 4.78 is 5.15. The Morgan fingerprint density at radius 1 is 1.00 bits per heavy atom. The van der Waals surface area contributed by atoms with Crippen molar-refractivity contribution < 1.29 is 4.74 Å². The summed E-state index contributed by atoms with van der Waals surface area (Å²) in [5, 5.41) is 14.4. The normalized spacial score (nSPS) is 10.2. The molecule has 0 spiro atoms. The zero-order valence-corrected chi connectivity index (χ0v) is 13.4. The smallest absolute Gasteiger partial charge is 0.244 e. The summed E-state index contributed by atoms with van der Waals surface area (Å²) in [7, 11) is 1.66. The van der Waals surface area contributed by atoms with Gasteiger partial charge in [0, 0.05) is 12.2 Å². The van der Waals surface area contributed by atoms with Crippen LogP contribution >= 0.6 is 0 Å². The van der Waals surface area contributed by atoms with Crippen LogP contribution in [0.25, 0.3) is 0 Å². The maximum atomic E-state index is 5.15. The maximum Gasteiger partial charge on any atom is 0.244 e. The van der Waals surface area contributed by atoms with Gasteiger partial charge < -0.3 is 15.4 Å². The largest absolute Gasteiger partial charge is 0.497 e. The van der Waals surface area contributed by atoms with Crippen LogP contribution in [0.15, 0.2) is 60.8 Å². The third-order valence-electron chi connectivity index (χ3n) is 3.46. The molecular weight excluding hydrogens is 302 g/mol. The van der Waals surface area contributed by atoms with E-state index in [-0.39, 0.29) is 0 Å². The molecular formula is C18H19N5O. The van der Waals surface area contributed by atoms with Crippen molar-refractivity contribution in [3.05, 3.63) is 66.4 Å². The lowest BCUT2D eigenvalue weighted by Gasteiger charge is -2.08. The molecule has 0 aliphatic heterocycles. The summed E-state index contributed by atoms with van der Waals surface area (Å²) in [5.74, 6) is 2.02. The molecule has 0 radical (unpaired) electrons. The van der Waals surface area contributed by atoms with Crippen LogP contribution < -0.4 is 15.4 Å². The van der Waals surface area contributed by atoms with Crippen molar-refractivity contribution in [2.45, 2.75) is 6.42 Å². The summed E-state index contributed by atoms with van der Waals surface area (Å²) in [5.41, 5.74) is 2.18. The zero-order valence-electron chi connectivity index (χ0n) is 13.4. The summed E-state index contributed by atoms with van der Waals surface area (Å²) >= 11 is 0. The number of hydrogen-bond donors (Lipinski definition) is 2. The monoisotopic (exact) mass is 321 g/mol. The van der Waals surface area contributed by atoms with E-state index in [2.05, 4.69) is 25.8 Å². The van der Waals surface area contributed by atoms with Crippen LogP contribution in [0.3, 0.4) is 0 Å². The fourth-order valence-electron chi connectivity index (χ4n) is 2.22. The first-order valence-electron chi connectivity index (χ1n) is 7.72. The fourth-order valence-corrected chi connectivity index (χ4v) is 2.22. The Bertz CT molecular complexity index is 762. The first kappa shape index (κ1) is 15.7. The standard InChI is InChI=1S/C18H19N5O/c1-24-16-9-7-14(8-10-16)11-12-19-18-22-17(13-20-23-18)21-15-5-3-2-4-6-15/h2-10,13H,11-12H2,1H3,(H2,19,21,22,23). The predicted octanol–water partition coefficient (Wildman–Crippen LogP) is 3.28. The van der Waals surface area contributed by atoms with Crippen molar-refractivity contribution in [1.82, 2.24) is 15.2 Å². The third kappa shape index (κ3) is 4.42. The molecule has 0 aliphatic carbocycles. The SMILES string of the molecule is COc1ccc(CCNc2nncc(Nc3ccccc3)n2)cc1. The molecule has 3 rings (SSSR count). The lowest BCUT2D eigenvalue weighted by molar-refractivity contribution is 0.414. The van der Waals surface area contributed by atoms with Crippen molar-refractivity contribution in [3.63, 3.8) is 0 Å². The van der Waals surface area contributed by atoms with E-state index in [0.717, 1.165) is 24.4 Å². The first-order chi connectivity index (χ1) is 11.8. The molecule has 0 saturated heterocycles. The minimum absolute atomic E-state index is 0.504. The van der Waals surface area contributed by atoms with Crippen molar-refractivity contribution in [1.29, 1.82) is 0 Å². The number of anilines is 3. The maximum absolute atomic E-state index is 5.15. The van der Waals surface area contributed by atoms with Gasteiger partial charge in [-0.1, -0.05) is 30.3 Å². The Hall–Kier alpha value is -3.15. The zero-order chi connectivity index (χ0) is 16.6. The summed E-state index contributed by atoms with van der Waals surface area (Å²) in [6.45, 7) is 0.725. The number of nitrogens with zero attached hydrogens (tertiary/aromatic N) is 3. The van der Waals surface area contributed by atoms with Gasteiger partial charge in [0.25, 0.3) is 0 Å². The highest BCUT2D eigenvalue weighted by atomic mass is 16.5. The van der Waals surface area contributed by atoms with Crippen LogP contribution in [0, 0.1) is 0 Å². The number of methoxy groups -OCH3 is 1. The third-order valence-corrected chi connectivity index (χ3v) is 3.46. The second-order valence-electron chi connectivity index (χ2n) is 5.18. The van der Waals surface area contributed by atoms with Gasteiger partial charge in [0.15, 0.2) is 5.82 Å². The Labute approximate surface area is 140 Å². The van der Waals surface area contributed by atoms with E-state index >= 15 is 0 Å². The van der Waals surface area contributed by atoms with Gasteiger partial charge in [0.2, 0.25) is 5.95 Å². The number of benzene rings is 2. The molecule has 0 amide bonds. The van der Waals surface area contributed by atoms with Gasteiger partial charge in [0.05, 0.1) is 13.3 Å². The Balaban J connectivity index is 1.54. The summed E-state index contributed by atoms with van der Waals surface area (Å²) in [6, 6.07) is 17.8. The molecule has 0 unspecified atom stereocenters. The molecule has 24 heavy (non-hydrogen) atoms. The second-order valence-corrected chi connectivity index (χ2v) is 5.18. The molecule has 2 aromatic carbocycles. The second kappa shape index (κ2) is 7.92. The van der Waals surface area contributed by atoms with Crippen LogP contribution in [-0.2, 0) is 6.42 Å². The number of hydrogen-bond acceptors (Lipinski definition) is 6. The van der Waals surface area contributed by atoms with Crippen LogP contribution in [-0.4, -0.2) is 28.8 Å². The molecule has 0 aliphatic rings. The highest BCUT2D eigenvalue weighted by Crippen LogP contribution is 2.14. The molecule has 2 N–H and O–H groups in total. The predicted molar refractivity (Wildman–Crippen MR) is 94.7 cm³/mol. The Kier molecular flexibility index (Phi) is 5.19. The summed E-state index contributed by atoms with van der Waals surface area (Å²) in [6.07, 6.45) is 2.46. The van der Waals surface area contributed by atoms with E-state index in [9.17, 15) is 0 Å². The van der Waals surface area contributed by atoms with E-state index < -0.39 is 0 Å². The molecule has 0 bridgehead atoms. The molecule has 1 heterocycles. The Morgan fingerprint density at radius 3 is 2.54 bits per heavy atom. The quantitative estimate of drug-likeness (QED) is 0.696. The molecule has 122 valence electrons. The average molecular weight is 321 g/mol. The lowest BCUT2D eigenvalue weighted by atomic mass is 10.1. The highest BCUT2D eigenvalue weighted by molar-refractivity contribution is 5.55. The molecule has 1 aromatic heterocycles. The number of para-hydroxylation sites is 1. The number of ether oxygens (including phenoxy) is 1. The van der Waals surface area contributed by atoms with Crippen molar-refractivity contribution in [2.24, 2.45) is 0 Å². The van der Waals surface area contributed by atoms with Gasteiger partial charge in [-0.3, -0.25) is 0 Å². The van der Waals surface area contributed by atoms with Gasteiger partial charge in [-0.05, 0) is 36.2 Å². The van der Waals surface area contributed by atoms with E-state index in [4.69, 9.17) is 4.74 Å². The van der Waals surface area contributed by atoms with Crippen molar-refractivity contribution in [3.8, 4) is 5.75 Å². The topological polar surface area (TPSA) is 72.0 Å². The van der Waals surface area contributed by atoms with E-state index in [1.807, 2.05) is 54.6 Å². The molecule has 3 aromatic rings. The van der Waals surface area contributed by atoms with Gasteiger partial charge in [0.1, 0.15) is 5.75 Å². The van der Waals surface area contributed by atoms with Crippen LogP contribution in [0.1, 0.15) is 5.56 Å². The van der Waals surface area contributed by atoms with E-state index in [1.54, 1.807) is 13.3 Å². The first-order valence-corrected chi connectivity index (χ1v) is 7.72. The van der Waals surface area contributed by atoms with Gasteiger partial charge in [-0.2, -0.15) is 10.1 Å². The van der Waals surface area contributed by atoms with Crippen molar-refractivity contribution in [2.75, 3.05) is 24.3 Å². The summed E-state index contributed by atoms with van der Waals surface area (Å²) in [4.78, 5) is 4.41. The number of nitrogens with one attached hydrogen (secondary N) is 2. The van der Waals surface area contributed by atoms with E-state index in [0.29, 0.717) is 11.8 Å². The molecule has 0 atom stereocenters. The van der Waals surface area contributed by atoms with E-state index in [1.165, 1.54) is 5.56 Å². The molecule has 6 heteroatoms. The minimum atomic E-state index is 0.504. The Morgan fingerprint density at radius 2 is 1.79 bits per heavy atom. The fraction of sp³-hybridized carbons (Fsp3) is 0.167. The molecule has 6 nitrogen and oxygen atoms in total. The number of aromatic nitrogens is 3. The average Bonchev–Trinajstić information content (AvgIpc) is 2.63. The molecule has 0 saturated carbocycles. The van der Waals surface area contributed by atoms with Gasteiger partial charge in [-0.15, -0.1) is 5.10 Å². The minimum Gasteiger partial charge on any atom is -0.497 e. The van der Waals surface area contributed by atoms with Crippen LogP contribution in [0.5, 0.6) is 5.75 Å². The lowest BCUT2D eigenvalue weighted by Crippen LogP contribution is -2.09. The van der Waals surface area contributed by atoms with Crippen LogP contribution in [0.4, 0.5) is 17.5 Å².